The van der Waals surface area contributed by atoms with E-state index in [2.05, 4.69) is 15.3 Å². The molecule has 1 aliphatic rings. The van der Waals surface area contributed by atoms with Gasteiger partial charge in [-0.25, -0.2) is 13.4 Å². The molecule has 1 atom stereocenters. The summed E-state index contributed by atoms with van der Waals surface area (Å²) in [6.07, 6.45) is 1.37. The highest BCUT2D eigenvalue weighted by Crippen LogP contribution is 2.33. The molecule has 9 heteroatoms. The van der Waals surface area contributed by atoms with Gasteiger partial charge in [0, 0.05) is 28.7 Å². The fourth-order valence-corrected chi connectivity index (χ4v) is 5.28. The van der Waals surface area contributed by atoms with Crippen LogP contribution in [0.4, 0.5) is 10.8 Å². The number of anilines is 2. The average molecular weight is 447 g/mol. The zero-order valence-corrected chi connectivity index (χ0v) is 18.2. The van der Waals surface area contributed by atoms with Gasteiger partial charge in [0.2, 0.25) is 10.0 Å². The number of nitrogens with one attached hydrogen (secondary N) is 1. The Labute approximate surface area is 178 Å². The SMILES string of the molecule is CN1C=NC(C)(c2cccc(Nc3nc(-c4ccc(Cl)cc4)cs3)c2)CS1(=O)=O. The molecule has 0 saturated heterocycles. The first-order valence-electron chi connectivity index (χ1n) is 8.85. The molecular formula is C20H19ClN4O2S2. The third-order valence-corrected chi connectivity index (χ3v) is 7.70. The van der Waals surface area contributed by atoms with Gasteiger partial charge in [-0.3, -0.25) is 9.30 Å². The number of aromatic nitrogens is 1. The van der Waals surface area contributed by atoms with Crippen LogP contribution in [0.25, 0.3) is 11.3 Å². The van der Waals surface area contributed by atoms with Crippen molar-refractivity contribution in [2.75, 3.05) is 18.1 Å². The predicted molar refractivity (Wildman–Crippen MR) is 120 cm³/mol. The Hall–Kier alpha value is -2.42. The van der Waals surface area contributed by atoms with Crippen LogP contribution in [0.3, 0.4) is 0 Å². The van der Waals surface area contributed by atoms with Crippen molar-refractivity contribution in [2.45, 2.75) is 12.5 Å². The van der Waals surface area contributed by atoms with E-state index in [1.165, 1.54) is 24.7 Å². The summed E-state index contributed by atoms with van der Waals surface area (Å²) in [7, 11) is -1.88. The highest BCUT2D eigenvalue weighted by molar-refractivity contribution is 7.89. The zero-order chi connectivity index (χ0) is 20.6. The van der Waals surface area contributed by atoms with Crippen molar-refractivity contribution in [2.24, 2.45) is 4.99 Å². The first-order valence-corrected chi connectivity index (χ1v) is 11.7. The number of nitrogens with zero attached hydrogens (tertiary/aromatic N) is 3. The number of benzene rings is 2. The van der Waals surface area contributed by atoms with Crippen LogP contribution < -0.4 is 5.32 Å². The van der Waals surface area contributed by atoms with Crippen molar-refractivity contribution in [3.8, 4) is 11.3 Å². The van der Waals surface area contributed by atoms with E-state index in [4.69, 9.17) is 11.6 Å². The Bertz CT molecular complexity index is 1180. The Morgan fingerprint density at radius 3 is 2.69 bits per heavy atom. The van der Waals surface area contributed by atoms with Gasteiger partial charge in [-0.2, -0.15) is 0 Å². The fourth-order valence-electron chi connectivity index (χ4n) is 3.07. The van der Waals surface area contributed by atoms with E-state index < -0.39 is 15.6 Å². The van der Waals surface area contributed by atoms with E-state index in [9.17, 15) is 8.42 Å². The van der Waals surface area contributed by atoms with E-state index in [0.717, 1.165) is 31.9 Å². The van der Waals surface area contributed by atoms with Crippen molar-refractivity contribution in [1.82, 2.24) is 9.29 Å². The number of aliphatic imine (C=N–C) groups is 1. The molecule has 1 unspecified atom stereocenters. The van der Waals surface area contributed by atoms with E-state index in [1.807, 2.05) is 60.8 Å². The lowest BCUT2D eigenvalue weighted by atomic mass is 9.94. The van der Waals surface area contributed by atoms with Gasteiger partial charge in [0.05, 0.1) is 17.8 Å². The summed E-state index contributed by atoms with van der Waals surface area (Å²) in [4.78, 5) is 9.11. The highest BCUT2D eigenvalue weighted by Gasteiger charge is 2.37. The van der Waals surface area contributed by atoms with Gasteiger partial charge >= 0.3 is 0 Å². The molecule has 0 aliphatic carbocycles. The topological polar surface area (TPSA) is 74.7 Å². The molecule has 150 valence electrons. The summed E-state index contributed by atoms with van der Waals surface area (Å²) in [6, 6.07) is 15.2. The quantitative estimate of drug-likeness (QED) is 0.628. The number of hydrogen-bond acceptors (Lipinski definition) is 6. The molecule has 1 N–H and O–H groups in total. The predicted octanol–water partition coefficient (Wildman–Crippen LogP) is 4.73. The first kappa shape index (κ1) is 19.9. The van der Waals surface area contributed by atoms with Gasteiger partial charge in [-0.15, -0.1) is 11.3 Å². The van der Waals surface area contributed by atoms with Crippen LogP contribution in [0, 0.1) is 0 Å². The van der Waals surface area contributed by atoms with Crippen LogP contribution in [0.1, 0.15) is 12.5 Å². The number of thiazole rings is 1. The molecule has 1 aromatic heterocycles. The molecule has 2 aromatic carbocycles. The lowest BCUT2D eigenvalue weighted by Crippen LogP contribution is -2.42. The average Bonchev–Trinajstić information content (AvgIpc) is 3.14. The standard InChI is InChI=1S/C20H19ClN4O2S2/c1-20(12-29(26,27)25(2)13-22-20)15-4-3-5-17(10-15)23-19-24-18(11-28-19)14-6-8-16(21)9-7-14/h3-11,13H,12H2,1-2H3,(H,23,24). The second-order valence-electron chi connectivity index (χ2n) is 7.04. The van der Waals surface area contributed by atoms with Crippen LogP contribution in [0.15, 0.2) is 58.9 Å². The molecule has 0 saturated carbocycles. The maximum Gasteiger partial charge on any atom is 0.238 e. The van der Waals surface area contributed by atoms with Gasteiger partial charge in [0.15, 0.2) is 5.13 Å². The number of halogens is 1. The van der Waals surface area contributed by atoms with Crippen LogP contribution in [0.2, 0.25) is 5.02 Å². The van der Waals surface area contributed by atoms with E-state index in [1.54, 1.807) is 0 Å². The van der Waals surface area contributed by atoms with Crippen molar-refractivity contribution in [1.29, 1.82) is 0 Å². The van der Waals surface area contributed by atoms with Gasteiger partial charge in [0.25, 0.3) is 0 Å². The second-order valence-corrected chi connectivity index (χ2v) is 10.4. The summed E-state index contributed by atoms with van der Waals surface area (Å²) < 4.78 is 25.8. The van der Waals surface area contributed by atoms with Crippen LogP contribution >= 0.6 is 22.9 Å². The summed E-state index contributed by atoms with van der Waals surface area (Å²) >= 11 is 7.44. The zero-order valence-electron chi connectivity index (χ0n) is 15.8. The molecule has 4 rings (SSSR count). The molecule has 0 amide bonds. The molecular weight excluding hydrogens is 428 g/mol. The molecule has 0 radical (unpaired) electrons. The maximum absolute atomic E-state index is 12.3. The molecule has 0 bridgehead atoms. The van der Waals surface area contributed by atoms with Crippen molar-refractivity contribution in [3.05, 3.63) is 64.5 Å². The number of rotatable bonds is 4. The second kappa shape index (κ2) is 7.44. The Kier molecular flexibility index (Phi) is 5.10. The first-order chi connectivity index (χ1) is 13.7. The van der Waals surface area contributed by atoms with Crippen LogP contribution in [-0.4, -0.2) is 36.8 Å². The van der Waals surface area contributed by atoms with Gasteiger partial charge in [-0.05, 0) is 36.8 Å². The third-order valence-electron chi connectivity index (χ3n) is 4.79. The summed E-state index contributed by atoms with van der Waals surface area (Å²) in [5, 5.41) is 6.71. The summed E-state index contributed by atoms with van der Waals surface area (Å²) in [6.45, 7) is 1.83. The number of hydrogen-bond donors (Lipinski definition) is 1. The minimum absolute atomic E-state index is 0.0750. The van der Waals surface area contributed by atoms with Crippen molar-refractivity contribution in [3.63, 3.8) is 0 Å². The van der Waals surface area contributed by atoms with Crippen molar-refractivity contribution < 1.29 is 8.42 Å². The number of sulfonamides is 1. The van der Waals surface area contributed by atoms with Gasteiger partial charge in [0.1, 0.15) is 5.54 Å². The largest absolute Gasteiger partial charge is 0.332 e. The molecule has 1 aliphatic heterocycles. The molecule has 0 fully saturated rings. The normalized spacial score (nSPS) is 20.6. The van der Waals surface area contributed by atoms with Gasteiger partial charge in [-0.1, -0.05) is 35.9 Å². The lowest BCUT2D eigenvalue weighted by molar-refractivity contribution is 0.485. The molecule has 29 heavy (non-hydrogen) atoms. The Morgan fingerprint density at radius 1 is 1.21 bits per heavy atom. The highest BCUT2D eigenvalue weighted by atomic mass is 35.5. The molecule has 0 spiro atoms. The molecule has 6 nitrogen and oxygen atoms in total. The van der Waals surface area contributed by atoms with Crippen molar-refractivity contribution >= 4 is 50.1 Å². The monoisotopic (exact) mass is 446 g/mol. The fraction of sp³-hybridized carbons (Fsp3) is 0.200. The minimum atomic E-state index is -3.38. The van der Waals surface area contributed by atoms with Crippen LogP contribution in [0.5, 0.6) is 0 Å². The minimum Gasteiger partial charge on any atom is -0.332 e. The maximum atomic E-state index is 12.3. The lowest BCUT2D eigenvalue weighted by Gasteiger charge is -2.32. The Balaban J connectivity index is 1.57. The van der Waals surface area contributed by atoms with Gasteiger partial charge < -0.3 is 5.32 Å². The van der Waals surface area contributed by atoms with E-state index >= 15 is 0 Å². The smallest absolute Gasteiger partial charge is 0.238 e. The molecule has 2 heterocycles. The summed E-state index contributed by atoms with van der Waals surface area (Å²) in [5.41, 5.74) is 2.67. The van der Waals surface area contributed by atoms with Crippen LogP contribution in [-0.2, 0) is 15.6 Å². The Morgan fingerprint density at radius 2 is 1.97 bits per heavy atom. The van der Waals surface area contributed by atoms with E-state index in [-0.39, 0.29) is 5.75 Å². The van der Waals surface area contributed by atoms with E-state index in [0.29, 0.717) is 5.02 Å². The third kappa shape index (κ3) is 4.14. The summed E-state index contributed by atoms with van der Waals surface area (Å²) in [5.74, 6) is -0.0750. The molecule has 3 aromatic rings.